The number of rotatable bonds is 7. The highest BCUT2D eigenvalue weighted by atomic mass is 35.5. The summed E-state index contributed by atoms with van der Waals surface area (Å²) in [6.07, 6.45) is 1.86. The molecule has 3 rings (SSSR count). The van der Waals surface area contributed by atoms with Gasteiger partial charge in [0.2, 0.25) is 5.91 Å². The van der Waals surface area contributed by atoms with Crippen LogP contribution in [0.2, 0.25) is 0 Å². The minimum atomic E-state index is -0.00225. The average molecular weight is 404 g/mol. The number of benzene rings is 2. The monoisotopic (exact) mass is 403 g/mol. The van der Waals surface area contributed by atoms with Crippen LogP contribution in [0.15, 0.2) is 72.1 Å². The van der Waals surface area contributed by atoms with Crippen molar-refractivity contribution in [3.05, 3.63) is 72.8 Å². The van der Waals surface area contributed by atoms with Gasteiger partial charge in [0, 0.05) is 35.7 Å². The molecule has 1 amide bonds. The molecule has 1 aliphatic heterocycles. The molecule has 0 aromatic heterocycles. The van der Waals surface area contributed by atoms with Gasteiger partial charge in [0.05, 0.1) is 12.2 Å². The molecule has 1 aliphatic rings. The quantitative estimate of drug-likeness (QED) is 0.546. The van der Waals surface area contributed by atoms with Gasteiger partial charge in [-0.2, -0.15) is 0 Å². The van der Waals surface area contributed by atoms with Crippen molar-refractivity contribution in [1.29, 1.82) is 0 Å². The van der Waals surface area contributed by atoms with Gasteiger partial charge < -0.3 is 11.1 Å². The Kier molecular flexibility index (Phi) is 8.38. The van der Waals surface area contributed by atoms with Crippen LogP contribution in [0, 0.1) is 0 Å². The van der Waals surface area contributed by atoms with E-state index >= 15 is 0 Å². The Balaban J connectivity index is 0.00000261. The zero-order valence-electron chi connectivity index (χ0n) is 15.2. The van der Waals surface area contributed by atoms with Crippen LogP contribution in [-0.4, -0.2) is 42.2 Å². The van der Waals surface area contributed by atoms with E-state index in [0.29, 0.717) is 6.54 Å². The summed E-state index contributed by atoms with van der Waals surface area (Å²) in [7, 11) is 0. The van der Waals surface area contributed by atoms with Crippen LogP contribution in [0.1, 0.15) is 11.5 Å². The number of likely N-dealkylation sites (tertiary alicyclic amines) is 1. The van der Waals surface area contributed by atoms with Crippen LogP contribution in [0.3, 0.4) is 0 Å². The first-order valence-electron chi connectivity index (χ1n) is 8.83. The fourth-order valence-electron chi connectivity index (χ4n) is 3.33. The molecule has 0 aliphatic carbocycles. The number of carbonyl (C=O) groups is 1. The molecule has 3 N–H and O–H groups in total. The maximum absolute atomic E-state index is 12.5. The summed E-state index contributed by atoms with van der Waals surface area (Å²) in [4.78, 5) is 15.7. The van der Waals surface area contributed by atoms with Crippen LogP contribution in [0.4, 0.5) is 5.69 Å². The maximum Gasteiger partial charge on any atom is 0.238 e. The number of nitrogens with two attached hydrogens (primary N) is 1. The van der Waals surface area contributed by atoms with E-state index in [4.69, 9.17) is 5.73 Å². The lowest BCUT2D eigenvalue weighted by molar-refractivity contribution is -0.117. The number of nitrogens with one attached hydrogen (secondary N) is 1. The Bertz CT molecular complexity index is 756. The molecule has 2 atom stereocenters. The number of nitrogens with zero attached hydrogens (tertiary/aromatic N) is 1. The first-order chi connectivity index (χ1) is 12.7. The topological polar surface area (TPSA) is 58.4 Å². The smallest absolute Gasteiger partial charge is 0.238 e. The summed E-state index contributed by atoms with van der Waals surface area (Å²) in [5.74, 6) is 1.09. The Morgan fingerprint density at radius 2 is 1.89 bits per heavy atom. The highest BCUT2D eigenvalue weighted by molar-refractivity contribution is 7.99. The van der Waals surface area contributed by atoms with Gasteiger partial charge >= 0.3 is 0 Å². The van der Waals surface area contributed by atoms with E-state index in [1.165, 1.54) is 5.56 Å². The molecule has 4 nitrogen and oxygen atoms in total. The van der Waals surface area contributed by atoms with Gasteiger partial charge in [0.1, 0.15) is 0 Å². The molecule has 2 aromatic carbocycles. The van der Waals surface area contributed by atoms with Crippen molar-refractivity contribution < 1.29 is 4.79 Å². The molecule has 0 saturated carbocycles. The van der Waals surface area contributed by atoms with E-state index in [0.717, 1.165) is 29.4 Å². The Hall–Kier alpha value is -1.79. The van der Waals surface area contributed by atoms with Crippen LogP contribution in [0.25, 0.3) is 0 Å². The van der Waals surface area contributed by atoms with Crippen LogP contribution in [0.5, 0.6) is 0 Å². The van der Waals surface area contributed by atoms with Crippen LogP contribution < -0.4 is 11.1 Å². The summed E-state index contributed by atoms with van der Waals surface area (Å²) >= 11 is 1.66. The van der Waals surface area contributed by atoms with E-state index in [-0.39, 0.29) is 30.3 Å². The molecule has 6 heteroatoms. The maximum atomic E-state index is 12.5. The van der Waals surface area contributed by atoms with Gasteiger partial charge in [-0.25, -0.2) is 0 Å². The third kappa shape index (κ3) is 5.84. The number of amides is 1. The van der Waals surface area contributed by atoms with Crippen molar-refractivity contribution in [3.63, 3.8) is 0 Å². The molecular weight excluding hydrogens is 378 g/mol. The molecule has 2 aromatic rings. The highest BCUT2D eigenvalue weighted by Gasteiger charge is 2.32. The third-order valence-electron chi connectivity index (χ3n) is 4.55. The van der Waals surface area contributed by atoms with Gasteiger partial charge in [0.15, 0.2) is 0 Å². The molecule has 144 valence electrons. The molecule has 1 saturated heterocycles. The number of carbonyl (C=O) groups excluding carboxylic acids is 1. The first kappa shape index (κ1) is 21.5. The second-order valence-corrected chi connectivity index (χ2v) is 7.58. The lowest BCUT2D eigenvalue weighted by Gasteiger charge is -2.16. The van der Waals surface area contributed by atoms with E-state index in [2.05, 4.69) is 28.9 Å². The van der Waals surface area contributed by atoms with Gasteiger partial charge in [-0.05, 0) is 17.7 Å². The normalized spacial score (nSPS) is 19.3. The number of thioether (sulfide) groups is 1. The molecule has 0 bridgehead atoms. The minimum absolute atomic E-state index is 0. The fourth-order valence-corrected chi connectivity index (χ4v) is 4.08. The molecule has 0 unspecified atom stereocenters. The predicted octanol–water partition coefficient (Wildman–Crippen LogP) is 3.75. The summed E-state index contributed by atoms with van der Waals surface area (Å²) in [6, 6.07) is 18.2. The molecule has 1 fully saturated rings. The van der Waals surface area contributed by atoms with Crippen LogP contribution >= 0.6 is 24.2 Å². The Morgan fingerprint density at radius 3 is 2.63 bits per heavy atom. The zero-order valence-corrected chi connectivity index (χ0v) is 16.8. The number of hydrogen-bond donors (Lipinski definition) is 2. The second-order valence-electron chi connectivity index (χ2n) is 6.52. The van der Waals surface area contributed by atoms with Crippen molar-refractivity contribution in [1.82, 2.24) is 4.90 Å². The van der Waals surface area contributed by atoms with E-state index in [1.807, 2.05) is 48.5 Å². The van der Waals surface area contributed by atoms with Gasteiger partial charge in [0.25, 0.3) is 0 Å². The summed E-state index contributed by atoms with van der Waals surface area (Å²) in [6.45, 7) is 5.65. The lowest BCUT2D eigenvalue weighted by Crippen LogP contribution is -2.33. The van der Waals surface area contributed by atoms with Crippen LogP contribution in [-0.2, 0) is 4.79 Å². The van der Waals surface area contributed by atoms with E-state index in [9.17, 15) is 4.79 Å². The lowest BCUT2D eigenvalue weighted by atomic mass is 9.95. The minimum Gasteiger partial charge on any atom is -0.326 e. The molecule has 1 heterocycles. The van der Waals surface area contributed by atoms with Crippen molar-refractivity contribution in [2.75, 3.05) is 30.7 Å². The van der Waals surface area contributed by atoms with Crippen molar-refractivity contribution in [2.45, 2.75) is 16.9 Å². The molecule has 27 heavy (non-hydrogen) atoms. The predicted molar refractivity (Wildman–Crippen MR) is 117 cm³/mol. The SMILES string of the molecule is C=CCSc1ccccc1NC(=O)CN1C[C@@H](N)[C@H](c2ccccc2)C1.Cl. The number of halogens is 1. The largest absolute Gasteiger partial charge is 0.326 e. The second kappa shape index (κ2) is 10.5. The highest BCUT2D eigenvalue weighted by Crippen LogP contribution is 2.28. The summed E-state index contributed by atoms with van der Waals surface area (Å²) in [5, 5.41) is 3.04. The van der Waals surface area contributed by atoms with Gasteiger partial charge in [-0.1, -0.05) is 48.5 Å². The number of anilines is 1. The molecule has 0 radical (unpaired) electrons. The Labute approximate surface area is 171 Å². The molecular formula is C21H26ClN3OS. The van der Waals surface area contributed by atoms with E-state index < -0.39 is 0 Å². The zero-order chi connectivity index (χ0) is 18.4. The molecule has 0 spiro atoms. The average Bonchev–Trinajstić information content (AvgIpc) is 3.01. The first-order valence-corrected chi connectivity index (χ1v) is 9.81. The van der Waals surface area contributed by atoms with E-state index in [1.54, 1.807) is 11.8 Å². The summed E-state index contributed by atoms with van der Waals surface area (Å²) in [5.41, 5.74) is 8.42. The van der Waals surface area contributed by atoms with Gasteiger partial charge in [-0.15, -0.1) is 30.7 Å². The standard InChI is InChI=1S/C21H25N3OS.ClH/c1-2-12-26-20-11-7-6-10-19(20)23-21(25)15-24-13-17(18(22)14-24)16-8-4-3-5-9-16;/h2-11,17-18H,1,12-15,22H2,(H,23,25);1H/t17-,18+;/m0./s1. The van der Waals surface area contributed by atoms with Gasteiger partial charge in [-0.3, -0.25) is 9.69 Å². The fraction of sp³-hybridized carbons (Fsp3) is 0.286. The van der Waals surface area contributed by atoms with Crippen molar-refractivity contribution in [3.8, 4) is 0 Å². The Morgan fingerprint density at radius 1 is 1.19 bits per heavy atom. The van der Waals surface area contributed by atoms with Crippen molar-refractivity contribution in [2.24, 2.45) is 5.73 Å². The van der Waals surface area contributed by atoms with Crippen molar-refractivity contribution >= 4 is 35.8 Å². The summed E-state index contributed by atoms with van der Waals surface area (Å²) < 4.78 is 0. The third-order valence-corrected chi connectivity index (χ3v) is 5.62. The number of hydrogen-bond acceptors (Lipinski definition) is 4. The number of para-hydroxylation sites is 1.